The number of aromatic nitrogens is 6. The largest absolute Gasteiger partial charge is 0.352 e. The topological polar surface area (TPSA) is 67.9 Å². The molecule has 1 saturated heterocycles. The minimum atomic E-state index is 0. The first kappa shape index (κ1) is 22.9. The van der Waals surface area contributed by atoms with Crippen LogP contribution in [0.4, 0.5) is 5.82 Å². The van der Waals surface area contributed by atoms with E-state index in [-0.39, 0.29) is 12.4 Å². The number of rotatable bonds is 6. The van der Waals surface area contributed by atoms with Crippen LogP contribution in [0.25, 0.3) is 11.3 Å². The summed E-state index contributed by atoms with van der Waals surface area (Å²) < 4.78 is 3.87. The highest BCUT2D eigenvalue weighted by Gasteiger charge is 2.22. The summed E-state index contributed by atoms with van der Waals surface area (Å²) in [6.07, 6.45) is 9.33. The highest BCUT2D eigenvalue weighted by atomic mass is 35.5. The van der Waals surface area contributed by atoms with Crippen LogP contribution in [0.15, 0.2) is 61.3 Å². The summed E-state index contributed by atoms with van der Waals surface area (Å²) in [4.78, 5) is 14.2. The minimum Gasteiger partial charge on any atom is -0.352 e. The number of benzene rings is 1. The van der Waals surface area contributed by atoms with E-state index >= 15 is 0 Å². The molecule has 0 spiro atoms. The van der Waals surface area contributed by atoms with E-state index in [2.05, 4.69) is 56.2 Å². The van der Waals surface area contributed by atoms with Crippen molar-refractivity contribution in [2.75, 3.05) is 31.1 Å². The third kappa shape index (κ3) is 5.07. The third-order valence-electron chi connectivity index (χ3n) is 6.21. The van der Waals surface area contributed by atoms with E-state index in [1.807, 2.05) is 34.9 Å². The van der Waals surface area contributed by atoms with Crippen molar-refractivity contribution in [2.24, 2.45) is 7.05 Å². The molecule has 0 N–H and O–H groups in total. The molecule has 1 aliphatic rings. The molecule has 172 valence electrons. The summed E-state index contributed by atoms with van der Waals surface area (Å²) in [6, 6.07) is 10.5. The average molecular weight is 465 g/mol. The Morgan fingerprint density at radius 1 is 0.879 bits per heavy atom. The first-order chi connectivity index (χ1) is 15.7. The first-order valence-electron chi connectivity index (χ1n) is 11.0. The molecule has 0 aliphatic carbocycles. The molecule has 1 fully saturated rings. The van der Waals surface area contributed by atoms with Crippen molar-refractivity contribution in [1.29, 1.82) is 0 Å². The van der Waals surface area contributed by atoms with Crippen molar-refractivity contribution in [1.82, 2.24) is 34.4 Å². The van der Waals surface area contributed by atoms with Gasteiger partial charge in [0.15, 0.2) is 5.82 Å². The van der Waals surface area contributed by atoms with E-state index < -0.39 is 0 Å². The van der Waals surface area contributed by atoms with Gasteiger partial charge in [-0.1, -0.05) is 24.3 Å². The number of piperazine rings is 1. The molecule has 4 aromatic rings. The van der Waals surface area contributed by atoms with Crippen LogP contribution in [0.2, 0.25) is 0 Å². The van der Waals surface area contributed by atoms with Gasteiger partial charge in [-0.05, 0) is 18.6 Å². The van der Waals surface area contributed by atoms with Crippen molar-refractivity contribution in [3.63, 3.8) is 0 Å². The molecule has 5 rings (SSSR count). The van der Waals surface area contributed by atoms with Gasteiger partial charge in [-0.15, -0.1) is 12.4 Å². The van der Waals surface area contributed by atoms with Gasteiger partial charge in [-0.3, -0.25) is 19.2 Å². The van der Waals surface area contributed by atoms with Gasteiger partial charge < -0.3 is 4.90 Å². The maximum absolute atomic E-state index is 4.71. The van der Waals surface area contributed by atoms with Crippen LogP contribution >= 0.6 is 12.4 Å². The van der Waals surface area contributed by atoms with E-state index in [1.54, 1.807) is 18.6 Å². The maximum Gasteiger partial charge on any atom is 0.155 e. The molecule has 4 heterocycles. The Morgan fingerprint density at radius 2 is 1.64 bits per heavy atom. The number of anilines is 1. The Bertz CT molecular complexity index is 1160. The molecule has 0 amide bonds. The van der Waals surface area contributed by atoms with Crippen LogP contribution in [-0.4, -0.2) is 60.6 Å². The van der Waals surface area contributed by atoms with Crippen LogP contribution < -0.4 is 4.90 Å². The standard InChI is InChI=1S/C24H28N8.ClH/c1-19-22(16-28-29(19)2)18-30-12-14-31(15-13-30)24-23(25-9-10-26-24)21-6-4-20(5-7-21)17-32-11-3-8-27-32;/h3-11,16H,12-15,17-18H2,1-2H3;1H. The zero-order valence-corrected chi connectivity index (χ0v) is 19.8. The second kappa shape index (κ2) is 10.1. The van der Waals surface area contributed by atoms with Crippen LogP contribution in [-0.2, 0) is 20.1 Å². The van der Waals surface area contributed by atoms with Gasteiger partial charge in [-0.2, -0.15) is 10.2 Å². The van der Waals surface area contributed by atoms with E-state index in [4.69, 9.17) is 4.98 Å². The fourth-order valence-electron chi connectivity index (χ4n) is 4.17. The molecule has 0 saturated carbocycles. The van der Waals surface area contributed by atoms with Crippen molar-refractivity contribution < 1.29 is 0 Å². The smallest absolute Gasteiger partial charge is 0.155 e. The number of nitrogens with zero attached hydrogens (tertiary/aromatic N) is 8. The summed E-state index contributed by atoms with van der Waals surface area (Å²) in [5, 5.41) is 8.66. The first-order valence-corrected chi connectivity index (χ1v) is 11.0. The average Bonchev–Trinajstić information content (AvgIpc) is 3.46. The van der Waals surface area contributed by atoms with E-state index in [9.17, 15) is 0 Å². The molecular formula is C24H29ClN8. The van der Waals surface area contributed by atoms with Crippen molar-refractivity contribution in [2.45, 2.75) is 20.0 Å². The molecule has 1 aromatic carbocycles. The highest BCUT2D eigenvalue weighted by molar-refractivity contribution is 5.85. The SMILES string of the molecule is Cc1c(CN2CCN(c3nccnc3-c3ccc(Cn4cccn4)cc3)CC2)cnn1C.Cl. The zero-order chi connectivity index (χ0) is 21.9. The van der Waals surface area contributed by atoms with Crippen LogP contribution in [0, 0.1) is 6.92 Å². The van der Waals surface area contributed by atoms with Crippen LogP contribution in [0.5, 0.6) is 0 Å². The monoisotopic (exact) mass is 464 g/mol. The number of halogens is 1. The Balaban J connectivity index is 0.00000259. The predicted molar refractivity (Wildman–Crippen MR) is 131 cm³/mol. The van der Waals surface area contributed by atoms with Gasteiger partial charge in [0.05, 0.1) is 12.7 Å². The molecule has 1 aliphatic heterocycles. The summed E-state index contributed by atoms with van der Waals surface area (Å²) in [5.74, 6) is 0.963. The highest BCUT2D eigenvalue weighted by Crippen LogP contribution is 2.28. The van der Waals surface area contributed by atoms with Gasteiger partial charge in [-0.25, -0.2) is 4.98 Å². The Labute approximate surface area is 200 Å². The summed E-state index contributed by atoms with van der Waals surface area (Å²) in [7, 11) is 2.00. The third-order valence-corrected chi connectivity index (χ3v) is 6.21. The normalized spacial score (nSPS) is 14.3. The lowest BCUT2D eigenvalue weighted by molar-refractivity contribution is 0.249. The van der Waals surface area contributed by atoms with Gasteiger partial charge >= 0.3 is 0 Å². The van der Waals surface area contributed by atoms with Gasteiger partial charge in [0, 0.05) is 81.4 Å². The predicted octanol–water partition coefficient (Wildman–Crippen LogP) is 3.17. The lowest BCUT2D eigenvalue weighted by Gasteiger charge is -2.35. The molecular weight excluding hydrogens is 436 g/mol. The summed E-state index contributed by atoms with van der Waals surface area (Å²) in [5.41, 5.74) is 5.78. The Morgan fingerprint density at radius 3 is 2.30 bits per heavy atom. The van der Waals surface area contributed by atoms with Crippen molar-refractivity contribution >= 4 is 18.2 Å². The van der Waals surface area contributed by atoms with Crippen LogP contribution in [0.1, 0.15) is 16.8 Å². The molecule has 3 aromatic heterocycles. The van der Waals surface area contributed by atoms with E-state index in [1.165, 1.54) is 16.8 Å². The zero-order valence-electron chi connectivity index (χ0n) is 19.0. The summed E-state index contributed by atoms with van der Waals surface area (Å²) in [6.45, 7) is 7.69. The van der Waals surface area contributed by atoms with E-state index in [0.717, 1.165) is 56.3 Å². The Hall–Kier alpha value is -3.23. The second-order valence-corrected chi connectivity index (χ2v) is 8.27. The molecule has 9 heteroatoms. The molecule has 8 nitrogen and oxygen atoms in total. The minimum absolute atomic E-state index is 0. The second-order valence-electron chi connectivity index (χ2n) is 8.27. The molecule has 0 atom stereocenters. The fraction of sp³-hybridized carbons (Fsp3) is 0.333. The molecule has 33 heavy (non-hydrogen) atoms. The maximum atomic E-state index is 4.71. The fourth-order valence-corrected chi connectivity index (χ4v) is 4.17. The number of hydrogen-bond acceptors (Lipinski definition) is 6. The quantitative estimate of drug-likeness (QED) is 0.436. The van der Waals surface area contributed by atoms with E-state index in [0.29, 0.717) is 0 Å². The molecule has 0 bridgehead atoms. The van der Waals surface area contributed by atoms with Crippen LogP contribution in [0.3, 0.4) is 0 Å². The summed E-state index contributed by atoms with van der Waals surface area (Å²) >= 11 is 0. The molecule has 0 radical (unpaired) electrons. The number of aryl methyl sites for hydroxylation is 1. The molecule has 0 unspecified atom stereocenters. The lowest BCUT2D eigenvalue weighted by Crippen LogP contribution is -2.46. The van der Waals surface area contributed by atoms with Gasteiger partial charge in [0.25, 0.3) is 0 Å². The van der Waals surface area contributed by atoms with Gasteiger partial charge in [0.2, 0.25) is 0 Å². The van der Waals surface area contributed by atoms with Crippen molar-refractivity contribution in [3.05, 3.63) is 78.1 Å². The lowest BCUT2D eigenvalue weighted by atomic mass is 10.1. The van der Waals surface area contributed by atoms with Gasteiger partial charge in [0.1, 0.15) is 5.69 Å². The van der Waals surface area contributed by atoms with Crippen molar-refractivity contribution in [3.8, 4) is 11.3 Å². The number of hydrogen-bond donors (Lipinski definition) is 0. The Kier molecular flexibility index (Phi) is 7.05.